The molecule has 0 atom stereocenters. The average molecular weight is 391 g/mol. The van der Waals surface area contributed by atoms with Crippen LogP contribution in [0.4, 0.5) is 0 Å². The van der Waals surface area contributed by atoms with E-state index in [2.05, 4.69) is 60.5 Å². The quantitative estimate of drug-likeness (QED) is 0.523. The monoisotopic (exact) mass is 390 g/mol. The molecule has 0 unspecified atom stereocenters. The number of hydrogen-bond donors (Lipinski definition) is 1. The Morgan fingerprint density at radius 1 is 0.862 bits per heavy atom. The lowest BCUT2D eigenvalue weighted by atomic mass is 10.0. The van der Waals surface area contributed by atoms with Crippen LogP contribution in [-0.2, 0) is 31.0 Å². The number of pyridine rings is 1. The van der Waals surface area contributed by atoms with Gasteiger partial charge in [0.1, 0.15) is 12.4 Å². The molecular weight excluding hydrogens is 360 g/mol. The van der Waals surface area contributed by atoms with E-state index in [1.54, 1.807) is 6.20 Å². The summed E-state index contributed by atoms with van der Waals surface area (Å²) in [4.78, 5) is 4.32. The molecule has 0 radical (unpaired) electrons. The van der Waals surface area contributed by atoms with Crippen molar-refractivity contribution in [2.75, 3.05) is 6.61 Å². The Morgan fingerprint density at radius 2 is 1.59 bits per heavy atom. The predicted octanol–water partition coefficient (Wildman–Crippen LogP) is 5.10. The van der Waals surface area contributed by atoms with Gasteiger partial charge in [0.05, 0.1) is 12.3 Å². The van der Waals surface area contributed by atoms with Gasteiger partial charge < -0.3 is 14.8 Å². The van der Waals surface area contributed by atoms with E-state index < -0.39 is 0 Å². The van der Waals surface area contributed by atoms with Crippen molar-refractivity contribution in [1.29, 1.82) is 0 Å². The first kappa shape index (κ1) is 21.0. The van der Waals surface area contributed by atoms with E-state index in [1.165, 1.54) is 16.7 Å². The minimum absolute atomic E-state index is 0.483. The highest BCUT2D eigenvalue weighted by Crippen LogP contribution is 2.25. The number of hydrogen-bond acceptors (Lipinski definition) is 4. The molecule has 0 spiro atoms. The van der Waals surface area contributed by atoms with Crippen molar-refractivity contribution in [1.82, 2.24) is 10.3 Å². The number of nitrogens with one attached hydrogen (secondary N) is 1. The fourth-order valence-corrected chi connectivity index (χ4v) is 3.42. The number of ether oxygens (including phenoxy) is 2. The molecule has 0 aliphatic heterocycles. The van der Waals surface area contributed by atoms with Gasteiger partial charge in [-0.1, -0.05) is 42.5 Å². The van der Waals surface area contributed by atoms with Gasteiger partial charge in [-0.15, -0.1) is 0 Å². The Kier molecular flexibility index (Phi) is 7.79. The Balaban J connectivity index is 1.58. The number of nitrogens with zero attached hydrogens (tertiary/aromatic N) is 1. The third-order valence-electron chi connectivity index (χ3n) is 4.84. The summed E-state index contributed by atoms with van der Waals surface area (Å²) in [5.41, 5.74) is 7.01. The van der Waals surface area contributed by atoms with Crippen LogP contribution in [-0.4, -0.2) is 11.6 Å². The van der Waals surface area contributed by atoms with Crippen LogP contribution in [0.2, 0.25) is 0 Å². The zero-order chi connectivity index (χ0) is 20.5. The van der Waals surface area contributed by atoms with Crippen molar-refractivity contribution >= 4 is 0 Å². The van der Waals surface area contributed by atoms with Gasteiger partial charge in [0.2, 0.25) is 0 Å². The van der Waals surface area contributed by atoms with E-state index in [4.69, 9.17) is 9.47 Å². The van der Waals surface area contributed by atoms with Crippen molar-refractivity contribution in [3.05, 3.63) is 94.3 Å². The predicted molar refractivity (Wildman–Crippen MR) is 117 cm³/mol. The number of benzene rings is 2. The molecule has 0 bridgehead atoms. The summed E-state index contributed by atoms with van der Waals surface area (Å²) in [5, 5.41) is 3.56. The topological polar surface area (TPSA) is 43.4 Å². The summed E-state index contributed by atoms with van der Waals surface area (Å²) in [6.45, 7) is 9.73. The second kappa shape index (κ2) is 10.7. The van der Waals surface area contributed by atoms with Crippen LogP contribution in [0.5, 0.6) is 5.75 Å². The average Bonchev–Trinajstić information content (AvgIpc) is 2.73. The van der Waals surface area contributed by atoms with Gasteiger partial charge in [0.15, 0.2) is 0 Å². The van der Waals surface area contributed by atoms with Gasteiger partial charge in [-0.3, -0.25) is 4.98 Å². The van der Waals surface area contributed by atoms with Crippen LogP contribution in [0.25, 0.3) is 0 Å². The van der Waals surface area contributed by atoms with E-state index in [0.717, 1.165) is 42.3 Å². The van der Waals surface area contributed by atoms with E-state index in [1.807, 2.05) is 25.1 Å². The lowest BCUT2D eigenvalue weighted by Gasteiger charge is -2.15. The molecule has 0 aliphatic carbocycles. The standard InChI is InChI=1S/C25H30N2O2/c1-4-28-17-23-10-6-5-9-22(23)16-26-15-21-13-19(2)25(20(3)14-21)29-18-24-11-7-8-12-27-24/h5-14,26H,4,15-18H2,1-3H3. The SMILES string of the molecule is CCOCc1ccccc1CNCc1cc(C)c(OCc2ccccn2)c(C)c1. The maximum Gasteiger partial charge on any atom is 0.130 e. The minimum Gasteiger partial charge on any atom is -0.487 e. The minimum atomic E-state index is 0.483. The molecule has 3 rings (SSSR count). The van der Waals surface area contributed by atoms with Gasteiger partial charge in [-0.05, 0) is 60.7 Å². The molecule has 2 aromatic carbocycles. The molecule has 4 nitrogen and oxygen atoms in total. The van der Waals surface area contributed by atoms with Gasteiger partial charge in [0, 0.05) is 25.9 Å². The number of aromatic nitrogens is 1. The largest absolute Gasteiger partial charge is 0.487 e. The van der Waals surface area contributed by atoms with Crippen LogP contribution in [0, 0.1) is 13.8 Å². The second-order valence-corrected chi connectivity index (χ2v) is 7.18. The molecule has 1 aromatic heterocycles. The summed E-state index contributed by atoms with van der Waals surface area (Å²) in [6, 6.07) is 18.7. The van der Waals surface area contributed by atoms with Crippen molar-refractivity contribution in [3.63, 3.8) is 0 Å². The first-order valence-corrected chi connectivity index (χ1v) is 10.2. The van der Waals surface area contributed by atoms with Crippen molar-refractivity contribution < 1.29 is 9.47 Å². The lowest BCUT2D eigenvalue weighted by molar-refractivity contribution is 0.133. The van der Waals surface area contributed by atoms with Crippen molar-refractivity contribution in [3.8, 4) is 5.75 Å². The lowest BCUT2D eigenvalue weighted by Crippen LogP contribution is -2.15. The number of rotatable bonds is 10. The Morgan fingerprint density at radius 3 is 2.28 bits per heavy atom. The summed E-state index contributed by atoms with van der Waals surface area (Å²) >= 11 is 0. The molecule has 0 fully saturated rings. The van der Waals surface area contributed by atoms with E-state index in [-0.39, 0.29) is 0 Å². The summed E-state index contributed by atoms with van der Waals surface area (Å²) < 4.78 is 11.6. The summed E-state index contributed by atoms with van der Waals surface area (Å²) in [5.74, 6) is 0.946. The Hall–Kier alpha value is -2.69. The molecule has 3 aromatic rings. The molecule has 0 amide bonds. The van der Waals surface area contributed by atoms with Gasteiger partial charge in [0.25, 0.3) is 0 Å². The fraction of sp³-hybridized carbons (Fsp3) is 0.320. The molecule has 0 saturated carbocycles. The van der Waals surface area contributed by atoms with Crippen LogP contribution in [0.3, 0.4) is 0 Å². The first-order valence-electron chi connectivity index (χ1n) is 10.2. The van der Waals surface area contributed by atoms with Gasteiger partial charge >= 0.3 is 0 Å². The molecule has 0 aliphatic rings. The maximum absolute atomic E-state index is 6.04. The van der Waals surface area contributed by atoms with E-state index >= 15 is 0 Å². The van der Waals surface area contributed by atoms with Crippen molar-refractivity contribution in [2.24, 2.45) is 0 Å². The third kappa shape index (κ3) is 6.14. The van der Waals surface area contributed by atoms with Crippen molar-refractivity contribution in [2.45, 2.75) is 47.1 Å². The second-order valence-electron chi connectivity index (χ2n) is 7.18. The number of aryl methyl sites for hydroxylation is 2. The summed E-state index contributed by atoms with van der Waals surface area (Å²) in [6.07, 6.45) is 1.79. The van der Waals surface area contributed by atoms with Crippen LogP contribution >= 0.6 is 0 Å². The highest BCUT2D eigenvalue weighted by atomic mass is 16.5. The summed E-state index contributed by atoms with van der Waals surface area (Å²) in [7, 11) is 0. The Labute approximate surface area is 173 Å². The van der Waals surface area contributed by atoms with Gasteiger partial charge in [-0.25, -0.2) is 0 Å². The molecule has 4 heteroatoms. The van der Waals surface area contributed by atoms with Crippen LogP contribution in [0.1, 0.15) is 40.4 Å². The molecule has 0 saturated heterocycles. The molecule has 1 heterocycles. The highest BCUT2D eigenvalue weighted by molar-refractivity contribution is 5.43. The fourth-order valence-electron chi connectivity index (χ4n) is 3.42. The zero-order valence-electron chi connectivity index (χ0n) is 17.6. The molecule has 152 valence electrons. The van der Waals surface area contributed by atoms with Gasteiger partial charge in [-0.2, -0.15) is 0 Å². The third-order valence-corrected chi connectivity index (χ3v) is 4.84. The van der Waals surface area contributed by atoms with E-state index in [0.29, 0.717) is 13.2 Å². The molecular formula is C25H30N2O2. The normalized spacial score (nSPS) is 10.9. The first-order chi connectivity index (χ1) is 14.2. The zero-order valence-corrected chi connectivity index (χ0v) is 17.6. The van der Waals surface area contributed by atoms with E-state index in [9.17, 15) is 0 Å². The maximum atomic E-state index is 6.04. The molecule has 1 N–H and O–H groups in total. The van der Waals surface area contributed by atoms with Crippen LogP contribution in [0.15, 0.2) is 60.8 Å². The Bertz CT molecular complexity index is 887. The smallest absolute Gasteiger partial charge is 0.130 e. The molecule has 29 heavy (non-hydrogen) atoms. The highest BCUT2D eigenvalue weighted by Gasteiger charge is 2.08. The van der Waals surface area contributed by atoms with Crippen LogP contribution < -0.4 is 10.1 Å².